The fourth-order valence-corrected chi connectivity index (χ4v) is 4.04. The Labute approximate surface area is 189 Å². The van der Waals surface area contributed by atoms with Gasteiger partial charge < -0.3 is 10.1 Å². The van der Waals surface area contributed by atoms with Gasteiger partial charge in [-0.1, -0.05) is 55.8 Å². The summed E-state index contributed by atoms with van der Waals surface area (Å²) >= 11 is 0. The van der Waals surface area contributed by atoms with Crippen LogP contribution in [0.4, 0.5) is 5.69 Å². The van der Waals surface area contributed by atoms with E-state index in [1.807, 2.05) is 43.3 Å². The van der Waals surface area contributed by atoms with Gasteiger partial charge in [0.15, 0.2) is 0 Å². The molecule has 2 aromatic rings. The number of hydrogen-bond acceptors (Lipinski definition) is 5. The lowest BCUT2D eigenvalue weighted by Gasteiger charge is -2.28. The molecular formula is C26H31N3O3. The molecule has 0 radical (unpaired) electrons. The summed E-state index contributed by atoms with van der Waals surface area (Å²) in [5.41, 5.74) is 4.66. The van der Waals surface area contributed by atoms with Gasteiger partial charge in [-0.05, 0) is 36.1 Å². The highest BCUT2D eigenvalue weighted by Crippen LogP contribution is 2.31. The van der Waals surface area contributed by atoms with Gasteiger partial charge >= 0.3 is 0 Å². The average Bonchev–Trinajstić information content (AvgIpc) is 3.03. The summed E-state index contributed by atoms with van der Waals surface area (Å²) in [4.78, 5) is 30.3. The Morgan fingerprint density at radius 1 is 0.906 bits per heavy atom. The number of rotatable bonds is 7. The van der Waals surface area contributed by atoms with Gasteiger partial charge in [0, 0.05) is 31.9 Å². The van der Waals surface area contributed by atoms with Gasteiger partial charge in [-0.2, -0.15) is 0 Å². The molecule has 1 saturated heterocycles. The molecule has 0 aromatic heterocycles. The van der Waals surface area contributed by atoms with Crippen molar-refractivity contribution in [1.29, 1.82) is 0 Å². The second kappa shape index (κ2) is 9.67. The zero-order valence-electron chi connectivity index (χ0n) is 19.1. The van der Waals surface area contributed by atoms with Gasteiger partial charge in [-0.15, -0.1) is 0 Å². The van der Waals surface area contributed by atoms with Crippen molar-refractivity contribution in [1.82, 2.24) is 9.80 Å². The van der Waals surface area contributed by atoms with Crippen LogP contribution in [0, 0.1) is 6.92 Å². The largest absolute Gasteiger partial charge is 0.379 e. The lowest BCUT2D eigenvalue weighted by Crippen LogP contribution is -2.43. The van der Waals surface area contributed by atoms with Crippen LogP contribution in [0.1, 0.15) is 36.5 Å². The summed E-state index contributed by atoms with van der Waals surface area (Å²) in [7, 11) is 0. The topological polar surface area (TPSA) is 61.9 Å². The maximum Gasteiger partial charge on any atom is 0.278 e. The Balaban J connectivity index is 1.60. The molecule has 2 aromatic carbocycles. The standard InChI is InChI=1S/C26H31N3O3/c1-18(2)20-8-10-22(11-9-20)27-24-23(21-6-4-19(3)5-7-21)25(30)29(26(24)31)13-12-28-14-16-32-17-15-28/h4-11,18,27H,12-17H2,1-3H3. The van der Waals surface area contributed by atoms with Crippen molar-refractivity contribution in [2.24, 2.45) is 0 Å². The average molecular weight is 434 g/mol. The third-order valence-corrected chi connectivity index (χ3v) is 6.10. The maximum absolute atomic E-state index is 13.4. The van der Waals surface area contributed by atoms with Gasteiger partial charge in [0.2, 0.25) is 0 Å². The van der Waals surface area contributed by atoms with E-state index in [4.69, 9.17) is 4.74 Å². The first-order valence-corrected chi connectivity index (χ1v) is 11.3. The lowest BCUT2D eigenvalue weighted by molar-refractivity contribution is -0.137. The first-order valence-electron chi connectivity index (χ1n) is 11.3. The molecule has 4 rings (SSSR count). The van der Waals surface area contributed by atoms with Crippen LogP contribution in [0.2, 0.25) is 0 Å². The van der Waals surface area contributed by atoms with E-state index in [-0.39, 0.29) is 11.8 Å². The van der Waals surface area contributed by atoms with Crippen LogP contribution in [-0.2, 0) is 14.3 Å². The number of benzene rings is 2. The van der Waals surface area contributed by atoms with E-state index >= 15 is 0 Å². The minimum Gasteiger partial charge on any atom is -0.379 e. The fourth-order valence-electron chi connectivity index (χ4n) is 4.04. The van der Waals surface area contributed by atoms with E-state index in [9.17, 15) is 9.59 Å². The zero-order valence-corrected chi connectivity index (χ0v) is 19.1. The number of amides is 2. The van der Waals surface area contributed by atoms with Crippen molar-refractivity contribution in [2.45, 2.75) is 26.7 Å². The monoisotopic (exact) mass is 433 g/mol. The third-order valence-electron chi connectivity index (χ3n) is 6.10. The Hall–Kier alpha value is -2.96. The maximum atomic E-state index is 13.4. The summed E-state index contributed by atoms with van der Waals surface area (Å²) < 4.78 is 5.40. The molecule has 1 N–H and O–H groups in total. The fraction of sp³-hybridized carbons (Fsp3) is 0.385. The first kappa shape index (κ1) is 22.2. The van der Waals surface area contributed by atoms with Crippen LogP contribution in [0.3, 0.4) is 0 Å². The highest BCUT2D eigenvalue weighted by atomic mass is 16.5. The molecule has 0 aliphatic carbocycles. The van der Waals surface area contributed by atoms with Crippen molar-refractivity contribution < 1.29 is 14.3 Å². The molecule has 2 aliphatic rings. The van der Waals surface area contributed by atoms with E-state index in [1.165, 1.54) is 10.5 Å². The van der Waals surface area contributed by atoms with Crippen LogP contribution >= 0.6 is 0 Å². The van der Waals surface area contributed by atoms with Crippen LogP contribution in [0.15, 0.2) is 54.2 Å². The number of anilines is 1. The number of nitrogens with zero attached hydrogens (tertiary/aromatic N) is 2. The molecule has 32 heavy (non-hydrogen) atoms. The molecule has 2 heterocycles. The smallest absolute Gasteiger partial charge is 0.278 e. The molecule has 6 heteroatoms. The summed E-state index contributed by atoms with van der Waals surface area (Å²) in [6.07, 6.45) is 0. The predicted molar refractivity (Wildman–Crippen MR) is 126 cm³/mol. The van der Waals surface area contributed by atoms with Gasteiger partial charge in [0.25, 0.3) is 11.8 Å². The molecule has 0 atom stereocenters. The molecule has 168 valence electrons. The third kappa shape index (κ3) is 4.76. The second-order valence-corrected chi connectivity index (χ2v) is 8.73. The summed E-state index contributed by atoms with van der Waals surface area (Å²) in [6.45, 7) is 10.3. The number of morpholine rings is 1. The van der Waals surface area contributed by atoms with Gasteiger partial charge in [0.1, 0.15) is 5.70 Å². The molecule has 0 unspecified atom stereocenters. The Morgan fingerprint density at radius 3 is 2.19 bits per heavy atom. The van der Waals surface area contributed by atoms with Gasteiger partial charge in [-0.3, -0.25) is 19.4 Å². The van der Waals surface area contributed by atoms with Crippen molar-refractivity contribution in [2.75, 3.05) is 44.7 Å². The summed E-state index contributed by atoms with van der Waals surface area (Å²) in [5, 5.41) is 3.25. The highest BCUT2D eigenvalue weighted by molar-refractivity contribution is 6.36. The Morgan fingerprint density at radius 2 is 1.56 bits per heavy atom. The zero-order chi connectivity index (χ0) is 22.7. The van der Waals surface area contributed by atoms with Crippen LogP contribution in [0.5, 0.6) is 0 Å². The van der Waals surface area contributed by atoms with Crippen molar-refractivity contribution in [3.63, 3.8) is 0 Å². The molecule has 0 spiro atoms. The summed E-state index contributed by atoms with van der Waals surface area (Å²) in [6, 6.07) is 15.8. The second-order valence-electron chi connectivity index (χ2n) is 8.73. The molecule has 2 amide bonds. The van der Waals surface area contributed by atoms with Crippen LogP contribution in [-0.4, -0.2) is 61.0 Å². The van der Waals surface area contributed by atoms with Crippen molar-refractivity contribution in [3.05, 3.63) is 70.9 Å². The van der Waals surface area contributed by atoms with Crippen molar-refractivity contribution >= 4 is 23.1 Å². The predicted octanol–water partition coefficient (Wildman–Crippen LogP) is 3.64. The molecule has 6 nitrogen and oxygen atoms in total. The number of aryl methyl sites for hydroxylation is 1. The Kier molecular flexibility index (Phi) is 6.72. The number of hydrogen-bond donors (Lipinski definition) is 1. The molecule has 0 bridgehead atoms. The van der Waals surface area contributed by atoms with E-state index in [0.29, 0.717) is 43.5 Å². The molecule has 1 fully saturated rings. The SMILES string of the molecule is Cc1ccc(C2=C(Nc3ccc(C(C)C)cc3)C(=O)N(CCN3CCOCC3)C2=O)cc1. The molecule has 0 saturated carbocycles. The highest BCUT2D eigenvalue weighted by Gasteiger charge is 2.39. The number of ether oxygens (including phenoxy) is 1. The quantitative estimate of drug-likeness (QED) is 0.676. The first-order chi connectivity index (χ1) is 15.4. The van der Waals surface area contributed by atoms with Crippen LogP contribution < -0.4 is 5.32 Å². The van der Waals surface area contributed by atoms with Gasteiger partial charge in [0.05, 0.1) is 18.8 Å². The van der Waals surface area contributed by atoms with E-state index < -0.39 is 0 Å². The van der Waals surface area contributed by atoms with E-state index in [2.05, 4.69) is 36.2 Å². The number of nitrogens with one attached hydrogen (secondary N) is 1. The number of imide groups is 1. The minimum absolute atomic E-state index is 0.242. The Bertz CT molecular complexity index is 1000. The lowest BCUT2D eigenvalue weighted by atomic mass is 10.0. The van der Waals surface area contributed by atoms with E-state index in [0.717, 1.165) is 29.9 Å². The molecule has 2 aliphatic heterocycles. The van der Waals surface area contributed by atoms with Crippen molar-refractivity contribution in [3.8, 4) is 0 Å². The normalized spacial score (nSPS) is 17.6. The van der Waals surface area contributed by atoms with E-state index in [1.54, 1.807) is 0 Å². The van der Waals surface area contributed by atoms with Crippen LogP contribution in [0.25, 0.3) is 5.57 Å². The number of carbonyl (C=O) groups excluding carboxylic acids is 2. The summed E-state index contributed by atoms with van der Waals surface area (Å²) in [5.74, 6) is -0.0862. The molecular weight excluding hydrogens is 402 g/mol. The minimum atomic E-state index is -0.272. The van der Waals surface area contributed by atoms with Gasteiger partial charge in [-0.25, -0.2) is 0 Å². The number of carbonyl (C=O) groups is 2.